The summed E-state index contributed by atoms with van der Waals surface area (Å²) in [6.07, 6.45) is 1.88. The zero-order valence-corrected chi connectivity index (χ0v) is 23.0. The van der Waals surface area contributed by atoms with Crippen LogP contribution in [0.1, 0.15) is 47.4 Å². The summed E-state index contributed by atoms with van der Waals surface area (Å²) >= 11 is 6.01. The van der Waals surface area contributed by atoms with Gasteiger partial charge in [0.2, 0.25) is 0 Å². The zero-order valence-electron chi connectivity index (χ0n) is 22.3. The molecule has 2 aliphatic rings. The molecule has 0 radical (unpaired) electrons. The first-order valence-corrected chi connectivity index (χ1v) is 13.3. The number of rotatable bonds is 6. The van der Waals surface area contributed by atoms with Gasteiger partial charge >= 0.3 is 0 Å². The zero-order chi connectivity index (χ0) is 27.7. The Morgan fingerprint density at radius 3 is 2.38 bits per heavy atom. The second-order valence-corrected chi connectivity index (χ2v) is 10.3. The highest BCUT2D eigenvalue weighted by atomic mass is 35.5. The molecule has 0 saturated carbocycles. The molecular formula is C32H30ClN3O3. The third-order valence-corrected chi connectivity index (χ3v) is 7.74. The molecule has 1 heterocycles. The Morgan fingerprint density at radius 2 is 1.72 bits per heavy atom. The SMILES string of the molecule is COc1ccc(N2C(N)=C(C#N)C(c3cc(COc4ccc(Cl)cc4)c(C)cc3C)C3=C2CCCC3=O)cc1. The Labute approximate surface area is 233 Å². The van der Waals surface area contributed by atoms with Crippen LogP contribution in [0.25, 0.3) is 0 Å². The first-order chi connectivity index (χ1) is 18.8. The Kier molecular flexibility index (Phi) is 7.36. The van der Waals surface area contributed by atoms with Gasteiger partial charge in [0.1, 0.15) is 23.9 Å². The maximum atomic E-state index is 13.5. The highest BCUT2D eigenvalue weighted by molar-refractivity contribution is 6.30. The summed E-state index contributed by atoms with van der Waals surface area (Å²) in [5.74, 6) is 1.29. The molecule has 3 aromatic rings. The van der Waals surface area contributed by atoms with Crippen molar-refractivity contribution in [1.82, 2.24) is 0 Å². The van der Waals surface area contributed by atoms with E-state index in [9.17, 15) is 10.1 Å². The van der Waals surface area contributed by atoms with Crippen molar-refractivity contribution in [2.75, 3.05) is 12.0 Å². The summed E-state index contributed by atoms with van der Waals surface area (Å²) in [5, 5.41) is 11.0. The second kappa shape index (κ2) is 10.9. The summed E-state index contributed by atoms with van der Waals surface area (Å²) in [4.78, 5) is 15.4. The van der Waals surface area contributed by atoms with Gasteiger partial charge in [-0.15, -0.1) is 0 Å². The van der Waals surface area contributed by atoms with Gasteiger partial charge in [-0.3, -0.25) is 9.69 Å². The van der Waals surface area contributed by atoms with Crippen LogP contribution in [0.15, 0.2) is 83.3 Å². The lowest BCUT2D eigenvalue weighted by atomic mass is 9.74. The molecule has 2 N–H and O–H groups in total. The van der Waals surface area contributed by atoms with Crippen LogP contribution in [0.3, 0.4) is 0 Å². The van der Waals surface area contributed by atoms with Gasteiger partial charge < -0.3 is 15.2 Å². The van der Waals surface area contributed by atoms with E-state index in [-0.39, 0.29) is 5.78 Å². The van der Waals surface area contributed by atoms with Crippen LogP contribution >= 0.6 is 11.6 Å². The van der Waals surface area contributed by atoms with Gasteiger partial charge in [0.15, 0.2) is 5.78 Å². The number of allylic oxidation sites excluding steroid dienone is 3. The first kappa shape index (κ1) is 26.4. The molecule has 1 unspecified atom stereocenters. The number of carbonyl (C=O) groups excluding carboxylic acids is 1. The number of carbonyl (C=O) groups is 1. The average molecular weight is 540 g/mol. The van der Waals surface area contributed by atoms with Gasteiger partial charge in [-0.2, -0.15) is 5.26 Å². The number of hydrogen-bond donors (Lipinski definition) is 1. The molecule has 3 aromatic carbocycles. The van der Waals surface area contributed by atoms with E-state index in [4.69, 9.17) is 26.8 Å². The molecule has 0 saturated heterocycles. The standard InChI is InChI=1S/C32H30ClN3O3/c1-19-15-20(2)26(16-21(19)18-39-25-11-7-22(33)8-12-25)30-27(17-34)32(35)36(23-9-13-24(38-3)14-10-23)28-5-4-6-29(37)31(28)30/h7-16,30H,4-6,18,35H2,1-3H3. The highest BCUT2D eigenvalue weighted by Crippen LogP contribution is 2.47. The van der Waals surface area contributed by atoms with E-state index in [1.165, 1.54) is 0 Å². The molecule has 6 nitrogen and oxygen atoms in total. The van der Waals surface area contributed by atoms with Gasteiger partial charge in [-0.05, 0) is 97.5 Å². The lowest BCUT2D eigenvalue weighted by Crippen LogP contribution is -2.38. The second-order valence-electron chi connectivity index (χ2n) is 9.89. The molecule has 1 aliphatic heterocycles. The number of nitriles is 1. The minimum Gasteiger partial charge on any atom is -0.497 e. The molecular weight excluding hydrogens is 510 g/mol. The maximum absolute atomic E-state index is 13.5. The first-order valence-electron chi connectivity index (χ1n) is 12.9. The van der Waals surface area contributed by atoms with Gasteiger partial charge in [-0.25, -0.2) is 0 Å². The number of ether oxygens (including phenoxy) is 2. The molecule has 7 heteroatoms. The number of methoxy groups -OCH3 is 1. The predicted octanol–water partition coefficient (Wildman–Crippen LogP) is 6.85. The van der Waals surface area contributed by atoms with Crippen molar-refractivity contribution >= 4 is 23.1 Å². The van der Waals surface area contributed by atoms with Crippen LogP contribution in [-0.4, -0.2) is 12.9 Å². The number of ketones is 1. The number of benzene rings is 3. The van der Waals surface area contributed by atoms with E-state index in [0.29, 0.717) is 52.9 Å². The number of Topliss-reactive ketones (excluding diaryl/α,β-unsaturated/α-hetero) is 1. The topological polar surface area (TPSA) is 88.6 Å². The quantitative estimate of drug-likeness (QED) is 0.368. The maximum Gasteiger partial charge on any atom is 0.161 e. The Bertz CT molecular complexity index is 1530. The minimum atomic E-state index is -0.540. The van der Waals surface area contributed by atoms with Crippen LogP contribution < -0.4 is 20.1 Å². The molecule has 1 aliphatic carbocycles. The van der Waals surface area contributed by atoms with Crippen LogP contribution in [0.4, 0.5) is 5.69 Å². The summed E-state index contributed by atoms with van der Waals surface area (Å²) in [5.41, 5.74) is 13.4. The minimum absolute atomic E-state index is 0.0546. The van der Waals surface area contributed by atoms with E-state index >= 15 is 0 Å². The van der Waals surface area contributed by atoms with E-state index in [0.717, 1.165) is 40.1 Å². The van der Waals surface area contributed by atoms with E-state index in [1.807, 2.05) is 55.1 Å². The lowest BCUT2D eigenvalue weighted by molar-refractivity contribution is -0.116. The predicted molar refractivity (Wildman–Crippen MR) is 153 cm³/mol. The molecule has 39 heavy (non-hydrogen) atoms. The fourth-order valence-electron chi connectivity index (χ4n) is 5.50. The largest absolute Gasteiger partial charge is 0.497 e. The monoisotopic (exact) mass is 539 g/mol. The number of hydrogen-bond acceptors (Lipinski definition) is 6. The number of anilines is 1. The van der Waals surface area contributed by atoms with Crippen LogP contribution in [0.2, 0.25) is 5.02 Å². The normalized spacial score (nSPS) is 17.2. The molecule has 0 spiro atoms. The fourth-order valence-corrected chi connectivity index (χ4v) is 5.62. The van der Waals surface area contributed by atoms with Crippen molar-refractivity contribution in [3.63, 3.8) is 0 Å². The van der Waals surface area contributed by atoms with Gasteiger partial charge in [0.05, 0.1) is 24.7 Å². The van der Waals surface area contributed by atoms with Gasteiger partial charge in [0.25, 0.3) is 0 Å². The van der Waals surface area contributed by atoms with Crippen LogP contribution in [0.5, 0.6) is 11.5 Å². The Hall–Kier alpha value is -4.21. The molecule has 0 bridgehead atoms. The molecule has 5 rings (SSSR count). The van der Waals surface area contributed by atoms with E-state index < -0.39 is 5.92 Å². The van der Waals surface area contributed by atoms with Crippen molar-refractivity contribution in [3.8, 4) is 17.6 Å². The van der Waals surface area contributed by atoms with E-state index in [2.05, 4.69) is 18.2 Å². The number of halogens is 1. The van der Waals surface area contributed by atoms with Crippen molar-refractivity contribution in [3.05, 3.63) is 111 Å². The summed E-state index contributed by atoms with van der Waals surface area (Å²) in [7, 11) is 1.61. The van der Waals surface area contributed by atoms with Gasteiger partial charge in [0, 0.05) is 28.4 Å². The van der Waals surface area contributed by atoms with Crippen molar-refractivity contribution < 1.29 is 14.3 Å². The van der Waals surface area contributed by atoms with Crippen LogP contribution in [0, 0.1) is 25.2 Å². The number of aryl methyl sites for hydroxylation is 2. The van der Waals surface area contributed by atoms with Crippen molar-refractivity contribution in [1.29, 1.82) is 5.26 Å². The third-order valence-electron chi connectivity index (χ3n) is 7.49. The Morgan fingerprint density at radius 1 is 1.03 bits per heavy atom. The summed E-state index contributed by atoms with van der Waals surface area (Å²) < 4.78 is 11.4. The summed E-state index contributed by atoms with van der Waals surface area (Å²) in [6, 6.07) is 21.2. The van der Waals surface area contributed by atoms with Gasteiger partial charge in [-0.1, -0.05) is 23.7 Å². The molecule has 0 fully saturated rings. The van der Waals surface area contributed by atoms with Crippen molar-refractivity contribution in [2.24, 2.45) is 5.73 Å². The average Bonchev–Trinajstić information content (AvgIpc) is 2.93. The molecule has 1 atom stereocenters. The Balaban J connectivity index is 1.61. The smallest absolute Gasteiger partial charge is 0.161 e. The van der Waals surface area contributed by atoms with Crippen molar-refractivity contribution in [2.45, 2.75) is 45.6 Å². The summed E-state index contributed by atoms with van der Waals surface area (Å²) in [6.45, 7) is 4.39. The molecule has 0 aromatic heterocycles. The lowest BCUT2D eigenvalue weighted by Gasteiger charge is -2.40. The fraction of sp³-hybridized carbons (Fsp3) is 0.250. The number of nitrogens with zero attached hydrogens (tertiary/aromatic N) is 2. The highest BCUT2D eigenvalue weighted by Gasteiger charge is 2.41. The van der Waals surface area contributed by atoms with E-state index in [1.54, 1.807) is 19.2 Å². The molecule has 0 amide bonds. The third kappa shape index (κ3) is 4.98. The molecule has 198 valence electrons. The van der Waals surface area contributed by atoms with Crippen LogP contribution in [-0.2, 0) is 11.4 Å². The number of nitrogens with two attached hydrogens (primary N) is 1.